The van der Waals surface area contributed by atoms with Gasteiger partial charge in [0.05, 0.1) is 14.2 Å². The van der Waals surface area contributed by atoms with Crippen molar-refractivity contribution in [3.05, 3.63) is 71.8 Å². The van der Waals surface area contributed by atoms with Crippen LogP contribution >= 0.6 is 21.6 Å². The van der Waals surface area contributed by atoms with Crippen molar-refractivity contribution in [2.24, 2.45) is 0 Å². The summed E-state index contributed by atoms with van der Waals surface area (Å²) in [5, 5.41) is 0. The average molecular weight is 471 g/mol. The second-order valence-corrected chi connectivity index (χ2v) is 9.50. The Hall–Kier alpha value is -2.44. The number of carbonyl (C=O) groups excluding carboxylic acids is 2. The summed E-state index contributed by atoms with van der Waals surface area (Å²) in [4.78, 5) is 24.9. The number of methoxy groups -OCH3 is 2. The van der Waals surface area contributed by atoms with Gasteiger partial charge in [-0.05, 0) is 73.2 Å². The number of allylic oxidation sites excluding steroid dienone is 4. The van der Waals surface area contributed by atoms with Crippen molar-refractivity contribution in [1.29, 1.82) is 0 Å². The molecule has 0 saturated carbocycles. The molecule has 0 aliphatic carbocycles. The molecule has 0 spiro atoms. The summed E-state index contributed by atoms with van der Waals surface area (Å²) in [5.41, 5.74) is 4.60. The number of esters is 2. The number of hydrogen-bond acceptors (Lipinski definition) is 6. The number of ether oxygens (including phenoxy) is 2. The Morgan fingerprint density at radius 3 is 1.53 bits per heavy atom. The van der Waals surface area contributed by atoms with Gasteiger partial charge in [0, 0.05) is 22.6 Å². The summed E-state index contributed by atoms with van der Waals surface area (Å²) < 4.78 is 9.38. The summed E-state index contributed by atoms with van der Waals surface area (Å²) in [7, 11) is 6.26. The first kappa shape index (κ1) is 25.8. The number of rotatable bonds is 11. The molecular weight excluding hydrogens is 440 g/mol. The van der Waals surface area contributed by atoms with Gasteiger partial charge < -0.3 is 9.47 Å². The van der Waals surface area contributed by atoms with E-state index in [1.54, 1.807) is 21.6 Å². The quantitative estimate of drug-likeness (QED) is 0.256. The third-order valence-electron chi connectivity index (χ3n) is 4.87. The Balaban J connectivity index is 1.98. The van der Waals surface area contributed by atoms with E-state index in [1.807, 2.05) is 0 Å². The molecule has 0 saturated heterocycles. The van der Waals surface area contributed by atoms with Crippen molar-refractivity contribution >= 4 is 44.7 Å². The van der Waals surface area contributed by atoms with E-state index in [-0.39, 0.29) is 11.9 Å². The first-order valence-electron chi connectivity index (χ1n) is 10.5. The van der Waals surface area contributed by atoms with Gasteiger partial charge in [-0.2, -0.15) is 0 Å². The molecule has 0 atom stereocenters. The Labute approximate surface area is 198 Å². The molecule has 6 heteroatoms. The van der Waals surface area contributed by atoms with E-state index in [9.17, 15) is 9.59 Å². The molecule has 2 aromatic carbocycles. The normalized spacial score (nSPS) is 11.9. The summed E-state index contributed by atoms with van der Waals surface area (Å²) >= 11 is 0. The first-order chi connectivity index (χ1) is 15.4. The molecular formula is C26H30O4S2. The molecule has 0 fully saturated rings. The highest BCUT2D eigenvalue weighted by Crippen LogP contribution is 2.39. The summed E-state index contributed by atoms with van der Waals surface area (Å²) in [6, 6.07) is 16.8. The second-order valence-electron chi connectivity index (χ2n) is 7.23. The van der Waals surface area contributed by atoms with E-state index < -0.39 is 0 Å². The lowest BCUT2D eigenvalue weighted by molar-refractivity contribution is -0.141. The SMILES string of the molecule is COC(=O)CCC=C(C)c1cccc(SSc2cccc(C(C)=CCCC(=O)OC)c2)c1. The van der Waals surface area contributed by atoms with Crippen LogP contribution < -0.4 is 0 Å². The maximum Gasteiger partial charge on any atom is 0.305 e. The van der Waals surface area contributed by atoms with Crippen LogP contribution in [-0.2, 0) is 19.1 Å². The lowest BCUT2D eigenvalue weighted by Crippen LogP contribution is -1.98. The third kappa shape index (κ3) is 8.97. The van der Waals surface area contributed by atoms with Crippen LogP contribution in [0.5, 0.6) is 0 Å². The van der Waals surface area contributed by atoms with Crippen LogP contribution in [0.4, 0.5) is 0 Å². The van der Waals surface area contributed by atoms with Gasteiger partial charge in [0.1, 0.15) is 0 Å². The van der Waals surface area contributed by atoms with Gasteiger partial charge in [0.15, 0.2) is 0 Å². The first-order valence-corrected chi connectivity index (χ1v) is 12.6. The molecule has 0 aliphatic heterocycles. The topological polar surface area (TPSA) is 52.6 Å². The molecule has 32 heavy (non-hydrogen) atoms. The van der Waals surface area contributed by atoms with Gasteiger partial charge >= 0.3 is 11.9 Å². The number of carbonyl (C=O) groups is 2. The fourth-order valence-electron chi connectivity index (χ4n) is 2.94. The van der Waals surface area contributed by atoms with E-state index in [4.69, 9.17) is 9.47 Å². The van der Waals surface area contributed by atoms with Gasteiger partial charge in [-0.1, -0.05) is 58.0 Å². The summed E-state index contributed by atoms with van der Waals surface area (Å²) in [6.07, 6.45) is 6.28. The Kier molecular flexibility index (Phi) is 11.2. The van der Waals surface area contributed by atoms with Crippen molar-refractivity contribution < 1.29 is 19.1 Å². The standard InChI is InChI=1S/C26H30O4S2/c1-19(9-5-15-25(27)29-3)21-11-7-13-23(17-21)31-32-24-14-8-12-22(18-24)20(2)10-6-16-26(28)30-4/h7-14,17-18H,5-6,15-16H2,1-4H3. The van der Waals surface area contributed by atoms with Crippen molar-refractivity contribution in [2.45, 2.75) is 49.3 Å². The molecule has 0 aliphatic rings. The fourth-order valence-corrected chi connectivity index (χ4v) is 4.95. The predicted molar refractivity (Wildman–Crippen MR) is 134 cm³/mol. The van der Waals surface area contributed by atoms with Gasteiger partial charge in [-0.3, -0.25) is 9.59 Å². The Morgan fingerprint density at radius 1 is 0.750 bits per heavy atom. The molecule has 0 bridgehead atoms. The number of hydrogen-bond donors (Lipinski definition) is 0. The molecule has 2 aromatic rings. The van der Waals surface area contributed by atoms with E-state index in [0.29, 0.717) is 25.7 Å². The maximum atomic E-state index is 11.3. The Morgan fingerprint density at radius 2 is 1.16 bits per heavy atom. The van der Waals surface area contributed by atoms with Gasteiger partial charge in [-0.25, -0.2) is 0 Å². The van der Waals surface area contributed by atoms with Crippen LogP contribution in [0.15, 0.2) is 70.5 Å². The highest BCUT2D eigenvalue weighted by atomic mass is 33.1. The lowest BCUT2D eigenvalue weighted by Gasteiger charge is -2.08. The van der Waals surface area contributed by atoms with E-state index in [0.717, 1.165) is 22.3 Å². The molecule has 0 aromatic heterocycles. The molecule has 0 unspecified atom stereocenters. The zero-order chi connectivity index (χ0) is 23.3. The van der Waals surface area contributed by atoms with E-state index in [2.05, 4.69) is 74.5 Å². The molecule has 2 rings (SSSR count). The van der Waals surface area contributed by atoms with Crippen molar-refractivity contribution in [3.63, 3.8) is 0 Å². The van der Waals surface area contributed by atoms with Crippen LogP contribution in [0.3, 0.4) is 0 Å². The largest absolute Gasteiger partial charge is 0.469 e. The minimum absolute atomic E-state index is 0.189. The predicted octanol–water partition coefficient (Wildman–Crippen LogP) is 7.20. The summed E-state index contributed by atoms with van der Waals surface area (Å²) in [6.45, 7) is 4.12. The molecule has 0 heterocycles. The highest BCUT2D eigenvalue weighted by molar-refractivity contribution is 8.76. The molecule has 0 amide bonds. The van der Waals surface area contributed by atoms with E-state index in [1.165, 1.54) is 24.0 Å². The molecule has 4 nitrogen and oxygen atoms in total. The van der Waals surface area contributed by atoms with Crippen LogP contribution in [0.2, 0.25) is 0 Å². The van der Waals surface area contributed by atoms with Crippen LogP contribution in [0, 0.1) is 0 Å². The van der Waals surface area contributed by atoms with Gasteiger partial charge in [0.2, 0.25) is 0 Å². The monoisotopic (exact) mass is 470 g/mol. The minimum atomic E-state index is -0.189. The fraction of sp³-hybridized carbons (Fsp3) is 0.308. The number of benzene rings is 2. The van der Waals surface area contributed by atoms with E-state index >= 15 is 0 Å². The smallest absolute Gasteiger partial charge is 0.305 e. The highest BCUT2D eigenvalue weighted by Gasteiger charge is 2.04. The summed E-state index contributed by atoms with van der Waals surface area (Å²) in [5.74, 6) is -0.379. The average Bonchev–Trinajstić information content (AvgIpc) is 2.82. The van der Waals surface area contributed by atoms with Gasteiger partial charge in [0.25, 0.3) is 0 Å². The van der Waals surface area contributed by atoms with Crippen molar-refractivity contribution in [3.8, 4) is 0 Å². The molecule has 0 N–H and O–H groups in total. The molecule has 0 radical (unpaired) electrons. The lowest BCUT2D eigenvalue weighted by atomic mass is 10.1. The maximum absolute atomic E-state index is 11.3. The van der Waals surface area contributed by atoms with Crippen LogP contribution in [0.25, 0.3) is 11.1 Å². The van der Waals surface area contributed by atoms with Gasteiger partial charge in [-0.15, -0.1) is 0 Å². The minimum Gasteiger partial charge on any atom is -0.469 e. The zero-order valence-electron chi connectivity index (χ0n) is 19.1. The van der Waals surface area contributed by atoms with Crippen molar-refractivity contribution in [1.82, 2.24) is 0 Å². The van der Waals surface area contributed by atoms with Crippen LogP contribution in [-0.4, -0.2) is 26.2 Å². The Bertz CT molecular complexity index is 900. The second kappa shape index (κ2) is 13.9. The zero-order valence-corrected chi connectivity index (χ0v) is 20.7. The third-order valence-corrected chi connectivity index (χ3v) is 7.25. The van der Waals surface area contributed by atoms with Crippen molar-refractivity contribution in [2.75, 3.05) is 14.2 Å². The molecule has 170 valence electrons. The van der Waals surface area contributed by atoms with Crippen LogP contribution in [0.1, 0.15) is 50.7 Å².